The summed E-state index contributed by atoms with van der Waals surface area (Å²) < 4.78 is 2.15. The van der Waals surface area contributed by atoms with Gasteiger partial charge in [0, 0.05) is 17.6 Å². The third-order valence-corrected chi connectivity index (χ3v) is 3.02. The first kappa shape index (κ1) is 7.83. The van der Waals surface area contributed by atoms with Gasteiger partial charge in [-0.2, -0.15) is 0 Å². The van der Waals surface area contributed by atoms with Crippen LogP contribution in [-0.2, 0) is 13.2 Å². The first-order valence-electron chi connectivity index (χ1n) is 4.03. The number of fused-ring (bicyclic) bond motifs is 1. The van der Waals surface area contributed by atoms with E-state index in [1.165, 1.54) is 10.2 Å². The molecule has 0 radical (unpaired) electrons. The molecule has 0 fully saturated rings. The van der Waals surface area contributed by atoms with Crippen molar-refractivity contribution in [1.29, 1.82) is 0 Å². The van der Waals surface area contributed by atoms with Crippen molar-refractivity contribution in [2.75, 3.05) is 0 Å². The number of aliphatic hydroxyl groups is 1. The van der Waals surface area contributed by atoms with Crippen LogP contribution in [0.15, 0.2) is 17.5 Å². The summed E-state index contributed by atoms with van der Waals surface area (Å²) in [5.74, 6) is 0. The third kappa shape index (κ3) is 0.974. The van der Waals surface area contributed by atoms with Gasteiger partial charge in [0.25, 0.3) is 0 Å². The quantitative estimate of drug-likeness (QED) is 0.755. The Bertz CT molecular complexity index is 388. The van der Waals surface area contributed by atoms with Crippen molar-refractivity contribution in [2.45, 2.75) is 20.1 Å². The summed E-state index contributed by atoms with van der Waals surface area (Å²) in [6, 6.07) is 4.14. The van der Waals surface area contributed by atoms with Gasteiger partial charge in [0.2, 0.25) is 0 Å². The van der Waals surface area contributed by atoms with Gasteiger partial charge in [0.1, 0.15) is 4.83 Å². The lowest BCUT2D eigenvalue weighted by molar-refractivity contribution is 0.272. The van der Waals surface area contributed by atoms with Gasteiger partial charge >= 0.3 is 0 Å². The maximum atomic E-state index is 9.05. The highest BCUT2D eigenvalue weighted by Crippen LogP contribution is 2.24. The van der Waals surface area contributed by atoms with Crippen LogP contribution in [0.4, 0.5) is 0 Å². The van der Waals surface area contributed by atoms with Crippen LogP contribution in [0, 0.1) is 0 Å². The number of rotatable bonds is 2. The maximum absolute atomic E-state index is 9.05. The topological polar surface area (TPSA) is 25.2 Å². The van der Waals surface area contributed by atoms with Gasteiger partial charge in [-0.15, -0.1) is 11.3 Å². The average Bonchev–Trinajstić information content (AvgIpc) is 2.61. The number of aromatic nitrogens is 1. The first-order chi connectivity index (χ1) is 5.86. The fourth-order valence-electron chi connectivity index (χ4n) is 1.51. The summed E-state index contributed by atoms with van der Waals surface area (Å²) in [6.45, 7) is 3.16. The molecule has 2 nitrogen and oxygen atoms in total. The van der Waals surface area contributed by atoms with E-state index in [9.17, 15) is 0 Å². The molecule has 2 rings (SSSR count). The highest BCUT2D eigenvalue weighted by molar-refractivity contribution is 7.16. The van der Waals surface area contributed by atoms with Crippen LogP contribution in [-0.4, -0.2) is 9.67 Å². The number of nitrogens with zero attached hydrogens (tertiary/aromatic N) is 1. The molecule has 2 aromatic rings. The summed E-state index contributed by atoms with van der Waals surface area (Å²) in [6.07, 6.45) is 0. The SMILES string of the molecule is CCn1c(CO)cc2ccsc21. The molecule has 0 unspecified atom stereocenters. The van der Waals surface area contributed by atoms with Crippen LogP contribution in [0.2, 0.25) is 0 Å². The van der Waals surface area contributed by atoms with E-state index in [0.717, 1.165) is 12.2 Å². The number of hydrogen-bond donors (Lipinski definition) is 1. The molecule has 12 heavy (non-hydrogen) atoms. The minimum atomic E-state index is 0.134. The van der Waals surface area contributed by atoms with E-state index in [4.69, 9.17) is 5.11 Å². The molecule has 3 heteroatoms. The van der Waals surface area contributed by atoms with Crippen molar-refractivity contribution in [3.05, 3.63) is 23.2 Å². The molecule has 0 bridgehead atoms. The Hall–Kier alpha value is -0.800. The molecule has 0 atom stereocenters. The molecule has 0 saturated carbocycles. The van der Waals surface area contributed by atoms with Gasteiger partial charge in [-0.05, 0) is 24.4 Å². The smallest absolute Gasteiger partial charge is 0.103 e. The van der Waals surface area contributed by atoms with Crippen LogP contribution in [0.1, 0.15) is 12.6 Å². The van der Waals surface area contributed by atoms with Gasteiger partial charge < -0.3 is 9.67 Å². The van der Waals surface area contributed by atoms with E-state index in [2.05, 4.69) is 29.0 Å². The standard InChI is InChI=1S/C9H11NOS/c1-2-10-8(6-11)5-7-3-4-12-9(7)10/h3-5,11H,2,6H2,1H3. The molecule has 2 heterocycles. The second-order valence-corrected chi connectivity index (χ2v) is 3.61. The molecule has 0 aliphatic rings. The Morgan fingerprint density at radius 2 is 2.42 bits per heavy atom. The van der Waals surface area contributed by atoms with Crippen LogP contribution in [0.3, 0.4) is 0 Å². The van der Waals surface area contributed by atoms with Crippen molar-refractivity contribution in [1.82, 2.24) is 4.57 Å². The van der Waals surface area contributed by atoms with Crippen molar-refractivity contribution in [3.8, 4) is 0 Å². The second kappa shape index (κ2) is 2.92. The van der Waals surface area contributed by atoms with Crippen molar-refractivity contribution >= 4 is 21.6 Å². The summed E-state index contributed by atoms with van der Waals surface area (Å²) in [7, 11) is 0. The van der Waals surface area contributed by atoms with E-state index in [1.54, 1.807) is 11.3 Å². The van der Waals surface area contributed by atoms with E-state index in [-0.39, 0.29) is 6.61 Å². The summed E-state index contributed by atoms with van der Waals surface area (Å²) >= 11 is 1.73. The fourth-order valence-corrected chi connectivity index (χ4v) is 2.49. The normalized spacial score (nSPS) is 11.2. The number of thiophene rings is 1. The molecule has 1 N–H and O–H groups in total. The van der Waals surface area contributed by atoms with E-state index < -0.39 is 0 Å². The van der Waals surface area contributed by atoms with Crippen LogP contribution in [0.5, 0.6) is 0 Å². The highest BCUT2D eigenvalue weighted by Gasteiger charge is 2.06. The van der Waals surface area contributed by atoms with Crippen molar-refractivity contribution in [2.24, 2.45) is 0 Å². The van der Waals surface area contributed by atoms with Crippen LogP contribution < -0.4 is 0 Å². The molecule has 0 amide bonds. The summed E-state index contributed by atoms with van der Waals surface area (Å²) in [4.78, 5) is 1.27. The summed E-state index contributed by atoms with van der Waals surface area (Å²) in [5.41, 5.74) is 1.01. The van der Waals surface area contributed by atoms with Crippen LogP contribution in [0.25, 0.3) is 10.2 Å². The lowest BCUT2D eigenvalue weighted by atomic mass is 10.4. The number of hydrogen-bond acceptors (Lipinski definition) is 2. The molecular weight excluding hydrogens is 170 g/mol. The molecule has 2 aromatic heterocycles. The Kier molecular flexibility index (Phi) is 1.90. The van der Waals surface area contributed by atoms with E-state index >= 15 is 0 Å². The number of aliphatic hydroxyl groups excluding tert-OH is 1. The average molecular weight is 181 g/mol. The largest absolute Gasteiger partial charge is 0.390 e. The van der Waals surface area contributed by atoms with Gasteiger partial charge in [-0.3, -0.25) is 0 Å². The zero-order chi connectivity index (χ0) is 8.55. The minimum Gasteiger partial charge on any atom is -0.390 e. The fraction of sp³-hybridized carbons (Fsp3) is 0.333. The first-order valence-corrected chi connectivity index (χ1v) is 4.91. The maximum Gasteiger partial charge on any atom is 0.103 e. The van der Waals surface area contributed by atoms with Crippen LogP contribution >= 0.6 is 11.3 Å². The second-order valence-electron chi connectivity index (χ2n) is 2.72. The lowest BCUT2D eigenvalue weighted by Crippen LogP contribution is -1.98. The van der Waals surface area contributed by atoms with Crippen molar-refractivity contribution < 1.29 is 5.11 Å². The zero-order valence-corrected chi connectivity index (χ0v) is 7.77. The van der Waals surface area contributed by atoms with E-state index in [0.29, 0.717) is 0 Å². The Labute approximate surface area is 75.1 Å². The van der Waals surface area contributed by atoms with E-state index in [1.807, 2.05) is 0 Å². The van der Waals surface area contributed by atoms with Gasteiger partial charge in [0.15, 0.2) is 0 Å². The predicted molar refractivity (Wildman–Crippen MR) is 51.4 cm³/mol. The lowest BCUT2D eigenvalue weighted by Gasteiger charge is -2.02. The molecule has 0 aromatic carbocycles. The monoisotopic (exact) mass is 181 g/mol. The zero-order valence-electron chi connectivity index (χ0n) is 6.95. The molecular formula is C9H11NOS. The molecule has 0 aliphatic carbocycles. The molecule has 0 aliphatic heterocycles. The molecule has 0 saturated heterocycles. The van der Waals surface area contributed by atoms with Gasteiger partial charge in [-0.1, -0.05) is 0 Å². The Morgan fingerprint density at radius 3 is 3.08 bits per heavy atom. The Morgan fingerprint density at radius 1 is 1.58 bits per heavy atom. The molecule has 0 spiro atoms. The molecule has 64 valence electrons. The Balaban J connectivity index is 2.70. The van der Waals surface area contributed by atoms with Gasteiger partial charge in [-0.25, -0.2) is 0 Å². The minimum absolute atomic E-state index is 0.134. The van der Waals surface area contributed by atoms with Gasteiger partial charge in [0.05, 0.1) is 6.61 Å². The predicted octanol–water partition coefficient (Wildman–Crippen LogP) is 2.21. The van der Waals surface area contributed by atoms with Crippen molar-refractivity contribution in [3.63, 3.8) is 0 Å². The number of aryl methyl sites for hydroxylation is 1. The third-order valence-electron chi connectivity index (χ3n) is 2.07. The highest BCUT2D eigenvalue weighted by atomic mass is 32.1. The summed E-state index contributed by atoms with van der Waals surface area (Å²) in [5, 5.41) is 12.4.